The summed E-state index contributed by atoms with van der Waals surface area (Å²) in [5.74, 6) is 1.28. The Kier molecular flexibility index (Phi) is 7.24. The summed E-state index contributed by atoms with van der Waals surface area (Å²) in [6.07, 6.45) is 0. The molecule has 0 radical (unpaired) electrons. The summed E-state index contributed by atoms with van der Waals surface area (Å²) in [7, 11) is -8.28. The van der Waals surface area contributed by atoms with E-state index in [1.807, 2.05) is 36.4 Å². The number of rotatable bonds is 4. The average Bonchev–Trinajstić information content (AvgIpc) is 4.11. The molecule has 16 rings (SSSR count). The summed E-state index contributed by atoms with van der Waals surface area (Å²) < 4.78 is 69.4. The number of benzene rings is 10. The van der Waals surface area contributed by atoms with Crippen LogP contribution >= 0.6 is 0 Å². The highest BCUT2D eigenvalue weighted by atomic mass is 32.2. The second-order valence-corrected chi connectivity index (χ2v) is 22.8. The molecule has 0 amide bonds. The minimum Gasteiger partial charge on any atom is -0.440 e. The van der Waals surface area contributed by atoms with Gasteiger partial charge in [0.05, 0.1) is 36.0 Å². The lowest BCUT2D eigenvalue weighted by atomic mass is 9.30. The lowest BCUT2D eigenvalue weighted by Gasteiger charge is -2.47. The maximum atomic E-state index is 15.0. The van der Waals surface area contributed by atoms with E-state index in [-0.39, 0.29) is 19.6 Å². The van der Waals surface area contributed by atoms with Crippen molar-refractivity contribution in [1.29, 1.82) is 0 Å². The van der Waals surface area contributed by atoms with Gasteiger partial charge in [0.15, 0.2) is 0 Å². The van der Waals surface area contributed by atoms with Gasteiger partial charge in [-0.1, -0.05) is 146 Å². The maximum Gasteiger partial charge on any atom is 0.248 e. The smallest absolute Gasteiger partial charge is 0.248 e. The van der Waals surface area contributed by atoms with E-state index in [4.69, 9.17) is 4.42 Å². The molecule has 0 bridgehead atoms. The first-order chi connectivity index (χ1) is 34.2. The van der Waals surface area contributed by atoms with Crippen LogP contribution in [-0.4, -0.2) is 28.1 Å². The Bertz CT molecular complexity index is 4430. The standard InChI is InChI=1S/C61H34BNO5S2/c64-69(65)50-19-8-17-45-58(50)62-59-46(18-9-20-51(59)70(66,67)53-22-10-21-52(69)60(53)62)61(45)44-16-7-15-37-23-24-38-25-28-41(57(61)56(38)55(37)44)49-31-32-54(68-49)63-47-29-26-39(35-11-3-1-4-12-35)33-42(47)43-34-40(27-30-48(43)63)36-13-5-2-6-14-36/h1-34H. The van der Waals surface area contributed by atoms with Crippen LogP contribution in [0.2, 0.25) is 0 Å². The van der Waals surface area contributed by atoms with Crippen LogP contribution in [0.4, 0.5) is 0 Å². The third-order valence-corrected chi connectivity index (χ3v) is 19.6. The molecule has 5 heterocycles. The first kappa shape index (κ1) is 38.7. The van der Waals surface area contributed by atoms with E-state index >= 15 is 0 Å². The molecule has 4 aliphatic rings. The molecule has 328 valence electrons. The van der Waals surface area contributed by atoms with Crippen molar-refractivity contribution < 1.29 is 21.3 Å². The van der Waals surface area contributed by atoms with Crippen LogP contribution in [0.25, 0.3) is 82.8 Å². The van der Waals surface area contributed by atoms with Gasteiger partial charge in [-0.2, -0.15) is 0 Å². The van der Waals surface area contributed by atoms with Crippen LogP contribution in [-0.2, 0) is 25.1 Å². The fourth-order valence-electron chi connectivity index (χ4n) is 13.2. The van der Waals surface area contributed by atoms with E-state index in [0.29, 0.717) is 28.0 Å². The Balaban J connectivity index is 0.988. The summed E-state index contributed by atoms with van der Waals surface area (Å²) in [5, 5.41) is 6.36. The van der Waals surface area contributed by atoms with Crippen molar-refractivity contribution in [2.45, 2.75) is 25.0 Å². The van der Waals surface area contributed by atoms with Crippen molar-refractivity contribution in [3.05, 3.63) is 229 Å². The van der Waals surface area contributed by atoms with E-state index in [2.05, 4.69) is 144 Å². The molecule has 0 saturated carbocycles. The van der Waals surface area contributed by atoms with Crippen LogP contribution in [0, 0.1) is 0 Å². The van der Waals surface area contributed by atoms with Gasteiger partial charge in [0.1, 0.15) is 5.76 Å². The average molecular weight is 936 g/mol. The first-order valence-electron chi connectivity index (χ1n) is 23.4. The van der Waals surface area contributed by atoms with Gasteiger partial charge in [0, 0.05) is 22.4 Å². The van der Waals surface area contributed by atoms with Gasteiger partial charge in [-0.25, -0.2) is 16.8 Å². The Morgan fingerprint density at radius 2 is 0.914 bits per heavy atom. The number of fused-ring (bicyclic) bond motifs is 7. The second-order valence-electron chi connectivity index (χ2n) is 19.0. The summed E-state index contributed by atoms with van der Waals surface area (Å²) in [5.41, 5.74) is 11.4. The van der Waals surface area contributed by atoms with Crippen molar-refractivity contribution in [3.8, 4) is 39.5 Å². The van der Waals surface area contributed by atoms with Crippen molar-refractivity contribution in [2.24, 2.45) is 0 Å². The van der Waals surface area contributed by atoms with E-state index in [1.54, 1.807) is 30.3 Å². The number of hydrogen-bond acceptors (Lipinski definition) is 5. The molecule has 1 spiro atoms. The molecule has 0 atom stereocenters. The lowest BCUT2D eigenvalue weighted by Crippen LogP contribution is -2.68. The maximum absolute atomic E-state index is 15.0. The molecule has 0 unspecified atom stereocenters. The molecule has 0 N–H and O–H groups in total. The molecule has 12 aromatic rings. The predicted octanol–water partition coefficient (Wildman–Crippen LogP) is 11.5. The Labute approximate surface area is 402 Å². The van der Waals surface area contributed by atoms with Crippen LogP contribution in [0.3, 0.4) is 0 Å². The quantitative estimate of drug-likeness (QED) is 0.130. The highest BCUT2D eigenvalue weighted by Crippen LogP contribution is 2.60. The minimum absolute atomic E-state index is 0.0555. The number of furan rings is 1. The van der Waals surface area contributed by atoms with Crippen molar-refractivity contribution in [3.63, 3.8) is 0 Å². The van der Waals surface area contributed by atoms with Gasteiger partial charge in [0.25, 0.3) is 0 Å². The van der Waals surface area contributed by atoms with Gasteiger partial charge in [-0.3, -0.25) is 4.57 Å². The second kappa shape index (κ2) is 13.1. The molecule has 0 fully saturated rings. The van der Waals surface area contributed by atoms with E-state index < -0.39 is 31.8 Å². The predicted molar refractivity (Wildman–Crippen MR) is 278 cm³/mol. The molecule has 70 heavy (non-hydrogen) atoms. The summed E-state index contributed by atoms with van der Waals surface area (Å²) >= 11 is 0. The van der Waals surface area contributed by atoms with Crippen LogP contribution in [0.1, 0.15) is 22.3 Å². The van der Waals surface area contributed by atoms with Gasteiger partial charge in [-0.05, 0) is 137 Å². The highest BCUT2D eigenvalue weighted by molar-refractivity contribution is 7.93. The summed E-state index contributed by atoms with van der Waals surface area (Å²) in [6.45, 7) is -0.609. The topological polar surface area (TPSA) is 86.4 Å². The molecule has 10 aromatic carbocycles. The fraction of sp³-hybridized carbons (Fsp3) is 0.0164. The lowest BCUT2D eigenvalue weighted by molar-refractivity contribution is 0.558. The first-order valence-corrected chi connectivity index (χ1v) is 26.4. The molecule has 9 heteroatoms. The summed E-state index contributed by atoms with van der Waals surface area (Å²) in [6, 6.07) is 69.1. The largest absolute Gasteiger partial charge is 0.440 e. The monoisotopic (exact) mass is 935 g/mol. The van der Waals surface area contributed by atoms with Crippen molar-refractivity contribution in [1.82, 2.24) is 4.57 Å². The van der Waals surface area contributed by atoms with E-state index in [1.165, 1.54) is 0 Å². The van der Waals surface area contributed by atoms with Crippen LogP contribution in [0.15, 0.2) is 230 Å². The zero-order valence-corrected chi connectivity index (χ0v) is 38.6. The molecule has 6 nitrogen and oxygen atoms in total. The molecule has 2 aromatic heterocycles. The normalized spacial score (nSPS) is 15.7. The molecule has 1 aliphatic carbocycles. The van der Waals surface area contributed by atoms with Crippen molar-refractivity contribution >= 4 is 86.1 Å². The number of nitrogens with zero attached hydrogens (tertiary/aromatic N) is 1. The Morgan fingerprint density at radius 1 is 0.414 bits per heavy atom. The zero-order chi connectivity index (χ0) is 46.4. The zero-order valence-electron chi connectivity index (χ0n) is 37.0. The van der Waals surface area contributed by atoms with E-state index in [9.17, 15) is 16.8 Å². The molecular formula is C61H34BNO5S2. The fourth-order valence-corrected chi connectivity index (χ4v) is 16.8. The minimum atomic E-state index is -4.14. The van der Waals surface area contributed by atoms with Gasteiger partial charge in [-0.15, -0.1) is 0 Å². The third-order valence-electron chi connectivity index (χ3n) is 15.9. The van der Waals surface area contributed by atoms with Crippen LogP contribution in [0.5, 0.6) is 0 Å². The number of sulfone groups is 2. The van der Waals surface area contributed by atoms with Crippen LogP contribution < -0.4 is 16.4 Å². The van der Waals surface area contributed by atoms with Gasteiger partial charge < -0.3 is 4.42 Å². The number of aromatic nitrogens is 1. The van der Waals surface area contributed by atoms with Gasteiger partial charge >= 0.3 is 0 Å². The molecular weight excluding hydrogens is 902 g/mol. The molecule has 0 saturated heterocycles. The highest BCUT2D eigenvalue weighted by Gasteiger charge is 2.59. The Morgan fingerprint density at radius 3 is 1.50 bits per heavy atom. The number of hydrogen-bond donors (Lipinski definition) is 0. The van der Waals surface area contributed by atoms with Crippen molar-refractivity contribution in [2.75, 3.05) is 0 Å². The molecule has 3 aliphatic heterocycles. The third kappa shape index (κ3) is 4.56. The van der Waals surface area contributed by atoms with Gasteiger partial charge in [0.2, 0.25) is 32.3 Å². The Hall–Kier alpha value is -8.24. The SMILES string of the molecule is O=S1(=O)c2cccc3c2B2c4c(cccc4S(=O)(=O)c4cccc1c42)C31c2cccc3ccc4ccc(-c5ccc(-n6c7ccc(-c8ccccc8)cc7c7cc(-c8ccccc8)ccc76)o5)c1c4c23. The van der Waals surface area contributed by atoms with E-state index in [0.717, 1.165) is 93.4 Å². The summed E-state index contributed by atoms with van der Waals surface area (Å²) in [4.78, 5) is 0.543.